The van der Waals surface area contributed by atoms with E-state index in [-0.39, 0.29) is 34.0 Å². The summed E-state index contributed by atoms with van der Waals surface area (Å²) in [6.45, 7) is 0. The van der Waals surface area contributed by atoms with Gasteiger partial charge in [0.15, 0.2) is 0 Å². The molecule has 2 aromatic carbocycles. The molecule has 0 aliphatic carbocycles. The van der Waals surface area contributed by atoms with Crippen molar-refractivity contribution in [2.75, 3.05) is 19.1 Å². The van der Waals surface area contributed by atoms with Crippen molar-refractivity contribution in [3.63, 3.8) is 0 Å². The fourth-order valence-electron chi connectivity index (χ4n) is 2.79. The number of urea groups is 1. The molecule has 10 nitrogen and oxygen atoms in total. The van der Waals surface area contributed by atoms with Crippen molar-refractivity contribution in [1.82, 2.24) is 5.32 Å². The Bertz CT molecular complexity index is 1050. The number of imide groups is 2. The molecule has 0 saturated carbocycles. The van der Waals surface area contributed by atoms with Crippen LogP contribution in [-0.2, 0) is 9.59 Å². The Kier molecular flexibility index (Phi) is 5.26. The van der Waals surface area contributed by atoms with Crippen LogP contribution in [0.3, 0.4) is 0 Å². The number of para-hydroxylation sites is 1. The number of benzene rings is 2. The predicted molar refractivity (Wildman–Crippen MR) is 102 cm³/mol. The number of methoxy groups -OCH3 is 2. The number of nitrogens with one attached hydrogen (secondary N) is 1. The average molecular weight is 397 g/mol. The molecule has 0 atom stereocenters. The lowest BCUT2D eigenvalue weighted by molar-refractivity contribution is -0.385. The summed E-state index contributed by atoms with van der Waals surface area (Å²) in [5.41, 5.74) is -0.395. The average Bonchev–Trinajstić information content (AvgIpc) is 2.71. The summed E-state index contributed by atoms with van der Waals surface area (Å²) in [7, 11) is 2.59. The Morgan fingerprint density at radius 2 is 1.69 bits per heavy atom. The quantitative estimate of drug-likeness (QED) is 0.355. The fourth-order valence-corrected chi connectivity index (χ4v) is 2.79. The van der Waals surface area contributed by atoms with E-state index in [1.165, 1.54) is 32.4 Å². The van der Waals surface area contributed by atoms with Gasteiger partial charge in [0.05, 0.1) is 24.8 Å². The van der Waals surface area contributed by atoms with Crippen molar-refractivity contribution >= 4 is 35.3 Å². The van der Waals surface area contributed by atoms with Crippen molar-refractivity contribution in [3.05, 3.63) is 63.7 Å². The molecule has 29 heavy (non-hydrogen) atoms. The summed E-state index contributed by atoms with van der Waals surface area (Å²) < 4.78 is 10.2. The highest BCUT2D eigenvalue weighted by Crippen LogP contribution is 2.36. The highest BCUT2D eigenvalue weighted by molar-refractivity contribution is 6.39. The molecular formula is C19H15N3O7. The molecule has 0 spiro atoms. The highest BCUT2D eigenvalue weighted by atomic mass is 16.6. The van der Waals surface area contributed by atoms with Gasteiger partial charge in [0, 0.05) is 17.7 Å². The summed E-state index contributed by atoms with van der Waals surface area (Å²) >= 11 is 0. The third-order valence-corrected chi connectivity index (χ3v) is 4.14. The fraction of sp³-hybridized carbons (Fsp3) is 0.105. The first-order valence-electron chi connectivity index (χ1n) is 8.24. The van der Waals surface area contributed by atoms with Crippen molar-refractivity contribution in [3.8, 4) is 11.5 Å². The lowest BCUT2D eigenvalue weighted by Gasteiger charge is -2.26. The summed E-state index contributed by atoms with van der Waals surface area (Å²) in [5.74, 6) is -1.70. The maximum absolute atomic E-state index is 12.9. The van der Waals surface area contributed by atoms with E-state index >= 15 is 0 Å². The van der Waals surface area contributed by atoms with Gasteiger partial charge in [0.2, 0.25) is 5.75 Å². The highest BCUT2D eigenvalue weighted by Gasteiger charge is 2.37. The summed E-state index contributed by atoms with van der Waals surface area (Å²) in [4.78, 5) is 48.8. The molecule has 1 saturated heterocycles. The van der Waals surface area contributed by atoms with Gasteiger partial charge in [-0.2, -0.15) is 0 Å². The number of carbonyl (C=O) groups is 3. The van der Waals surface area contributed by atoms with Crippen LogP contribution in [-0.4, -0.2) is 37.0 Å². The number of rotatable bonds is 5. The Balaban J connectivity index is 2.12. The van der Waals surface area contributed by atoms with E-state index < -0.39 is 22.8 Å². The largest absolute Gasteiger partial charge is 0.496 e. The topological polar surface area (TPSA) is 128 Å². The Labute approximate surface area is 164 Å². The molecule has 1 fully saturated rings. The Hall–Kier alpha value is -4.21. The second-order valence-corrected chi connectivity index (χ2v) is 5.82. The smallest absolute Gasteiger partial charge is 0.335 e. The molecule has 4 amide bonds. The van der Waals surface area contributed by atoms with Crippen LogP contribution in [0.25, 0.3) is 6.08 Å². The zero-order chi connectivity index (χ0) is 21.1. The molecular weight excluding hydrogens is 382 g/mol. The SMILES string of the molecule is COc1cc(OC)c([N+](=O)[O-])cc1/C=C1/C(=O)NC(=O)N(c2ccccc2)C1=O. The zero-order valence-corrected chi connectivity index (χ0v) is 15.4. The number of nitro groups is 1. The van der Waals surface area contributed by atoms with E-state index in [2.05, 4.69) is 5.32 Å². The van der Waals surface area contributed by atoms with Gasteiger partial charge in [-0.3, -0.25) is 25.0 Å². The number of anilines is 1. The monoisotopic (exact) mass is 397 g/mol. The van der Waals surface area contributed by atoms with E-state index in [4.69, 9.17) is 9.47 Å². The van der Waals surface area contributed by atoms with Crippen LogP contribution in [0.2, 0.25) is 0 Å². The number of nitrogens with zero attached hydrogens (tertiary/aromatic N) is 2. The first kappa shape index (κ1) is 19.5. The van der Waals surface area contributed by atoms with Crippen molar-refractivity contribution in [2.45, 2.75) is 0 Å². The maximum atomic E-state index is 12.9. The van der Waals surface area contributed by atoms with E-state index in [1.54, 1.807) is 18.2 Å². The molecule has 1 N–H and O–H groups in total. The number of carbonyl (C=O) groups excluding carboxylic acids is 3. The third-order valence-electron chi connectivity index (χ3n) is 4.14. The molecule has 148 valence electrons. The summed E-state index contributed by atoms with van der Waals surface area (Å²) in [6, 6.07) is 9.53. The zero-order valence-electron chi connectivity index (χ0n) is 15.4. The van der Waals surface area contributed by atoms with Gasteiger partial charge in [-0.05, 0) is 18.2 Å². The van der Waals surface area contributed by atoms with Crippen LogP contribution in [0.1, 0.15) is 5.56 Å². The number of amides is 4. The second kappa shape index (κ2) is 7.80. The predicted octanol–water partition coefficient (Wildman–Crippen LogP) is 2.28. The molecule has 0 unspecified atom stereocenters. The summed E-state index contributed by atoms with van der Waals surface area (Å²) in [5, 5.41) is 13.4. The van der Waals surface area contributed by atoms with Gasteiger partial charge in [-0.1, -0.05) is 18.2 Å². The minimum Gasteiger partial charge on any atom is -0.496 e. The van der Waals surface area contributed by atoms with E-state index in [9.17, 15) is 24.5 Å². The van der Waals surface area contributed by atoms with Crippen molar-refractivity contribution in [2.24, 2.45) is 0 Å². The number of barbiturate groups is 1. The van der Waals surface area contributed by atoms with Gasteiger partial charge in [-0.25, -0.2) is 9.69 Å². The maximum Gasteiger partial charge on any atom is 0.335 e. The molecule has 1 aliphatic rings. The van der Waals surface area contributed by atoms with Crippen LogP contribution in [0.4, 0.5) is 16.2 Å². The second-order valence-electron chi connectivity index (χ2n) is 5.82. The van der Waals surface area contributed by atoms with Gasteiger partial charge in [0.25, 0.3) is 11.8 Å². The summed E-state index contributed by atoms with van der Waals surface area (Å²) in [6.07, 6.45) is 1.13. The van der Waals surface area contributed by atoms with Crippen molar-refractivity contribution < 1.29 is 28.8 Å². The molecule has 10 heteroatoms. The third kappa shape index (κ3) is 3.63. The number of hydrogen-bond acceptors (Lipinski definition) is 7. The molecule has 3 rings (SSSR count). The molecule has 1 heterocycles. The molecule has 0 bridgehead atoms. The Morgan fingerprint density at radius 3 is 2.28 bits per heavy atom. The van der Waals surface area contributed by atoms with E-state index in [0.29, 0.717) is 0 Å². The van der Waals surface area contributed by atoms with Crippen LogP contribution < -0.4 is 19.7 Å². The van der Waals surface area contributed by atoms with E-state index in [1.807, 2.05) is 0 Å². The van der Waals surface area contributed by atoms with Crippen LogP contribution in [0.15, 0.2) is 48.0 Å². The Morgan fingerprint density at radius 1 is 1.03 bits per heavy atom. The van der Waals surface area contributed by atoms with Gasteiger partial charge < -0.3 is 9.47 Å². The normalized spacial score (nSPS) is 15.3. The number of hydrogen-bond donors (Lipinski definition) is 1. The first-order chi connectivity index (χ1) is 13.9. The van der Waals surface area contributed by atoms with E-state index in [0.717, 1.165) is 17.0 Å². The van der Waals surface area contributed by atoms with Crippen LogP contribution in [0, 0.1) is 10.1 Å². The molecule has 2 aromatic rings. The lowest BCUT2D eigenvalue weighted by atomic mass is 10.0. The van der Waals surface area contributed by atoms with Crippen LogP contribution >= 0.6 is 0 Å². The van der Waals surface area contributed by atoms with Gasteiger partial charge in [-0.15, -0.1) is 0 Å². The van der Waals surface area contributed by atoms with Gasteiger partial charge >= 0.3 is 11.7 Å². The molecule has 1 aliphatic heterocycles. The standard InChI is InChI=1S/C19H15N3O7/c1-28-15-10-16(29-2)14(22(26)27)9-11(15)8-13-17(23)20-19(25)21(18(13)24)12-6-4-3-5-7-12/h3-10H,1-2H3,(H,20,23,25)/b13-8-. The lowest BCUT2D eigenvalue weighted by Crippen LogP contribution is -2.54. The van der Waals surface area contributed by atoms with Crippen molar-refractivity contribution in [1.29, 1.82) is 0 Å². The van der Waals surface area contributed by atoms with Gasteiger partial charge in [0.1, 0.15) is 11.3 Å². The molecule has 0 aromatic heterocycles. The minimum atomic E-state index is -0.923. The number of ether oxygens (including phenoxy) is 2. The molecule has 0 radical (unpaired) electrons. The first-order valence-corrected chi connectivity index (χ1v) is 8.24. The minimum absolute atomic E-state index is 0.0467. The number of nitro benzene ring substituents is 1. The van der Waals surface area contributed by atoms with Crippen LogP contribution in [0.5, 0.6) is 11.5 Å².